The SMILES string of the molecule is CC(Sc1ccc(Cl)c(C(=O)O)c1)C(=O)N(C)C. The number of carbonyl (C=O) groups is 2. The van der Waals surface area contributed by atoms with Crippen molar-refractivity contribution in [3.05, 3.63) is 28.8 Å². The molecule has 1 unspecified atom stereocenters. The molecule has 0 aliphatic carbocycles. The van der Waals surface area contributed by atoms with Gasteiger partial charge in [0.05, 0.1) is 15.8 Å². The fourth-order valence-electron chi connectivity index (χ4n) is 1.36. The number of rotatable bonds is 4. The standard InChI is InChI=1S/C12H14ClNO3S/c1-7(11(15)14(2)3)18-8-4-5-10(13)9(6-8)12(16)17/h4-7H,1-3H3,(H,16,17). The fourth-order valence-corrected chi connectivity index (χ4v) is 2.61. The topological polar surface area (TPSA) is 57.6 Å². The summed E-state index contributed by atoms with van der Waals surface area (Å²) in [5, 5.41) is 8.87. The Morgan fingerprint density at radius 3 is 2.50 bits per heavy atom. The summed E-state index contributed by atoms with van der Waals surface area (Å²) < 4.78 is 0. The highest BCUT2D eigenvalue weighted by Crippen LogP contribution is 2.28. The van der Waals surface area contributed by atoms with Crippen LogP contribution in [0, 0.1) is 0 Å². The zero-order valence-electron chi connectivity index (χ0n) is 10.3. The molecule has 0 saturated heterocycles. The summed E-state index contributed by atoms with van der Waals surface area (Å²) in [5.41, 5.74) is 0.0474. The van der Waals surface area contributed by atoms with Gasteiger partial charge in [-0.1, -0.05) is 11.6 Å². The molecule has 1 amide bonds. The molecule has 0 aliphatic heterocycles. The molecule has 0 spiro atoms. The van der Waals surface area contributed by atoms with Crippen molar-refractivity contribution < 1.29 is 14.7 Å². The monoisotopic (exact) mass is 287 g/mol. The van der Waals surface area contributed by atoms with E-state index in [1.54, 1.807) is 27.1 Å². The predicted molar refractivity (Wildman–Crippen MR) is 72.4 cm³/mol. The van der Waals surface area contributed by atoms with Crippen molar-refractivity contribution in [2.45, 2.75) is 17.1 Å². The van der Waals surface area contributed by atoms with Crippen LogP contribution in [0.25, 0.3) is 0 Å². The molecule has 18 heavy (non-hydrogen) atoms. The van der Waals surface area contributed by atoms with Gasteiger partial charge in [-0.05, 0) is 25.1 Å². The maximum Gasteiger partial charge on any atom is 0.337 e. The summed E-state index contributed by atoms with van der Waals surface area (Å²) in [5.74, 6) is -1.10. The third-order valence-electron chi connectivity index (χ3n) is 2.27. The molecule has 1 atom stereocenters. The van der Waals surface area contributed by atoms with Crippen molar-refractivity contribution >= 4 is 35.2 Å². The van der Waals surface area contributed by atoms with Crippen LogP contribution in [0.2, 0.25) is 5.02 Å². The van der Waals surface area contributed by atoms with Gasteiger partial charge in [0.15, 0.2) is 0 Å². The minimum atomic E-state index is -1.07. The summed E-state index contributed by atoms with van der Waals surface area (Å²) in [4.78, 5) is 24.8. The number of carboxylic acid groups (broad SMARTS) is 1. The van der Waals surface area contributed by atoms with Crippen LogP contribution in [0.15, 0.2) is 23.1 Å². The molecule has 1 rings (SSSR count). The largest absolute Gasteiger partial charge is 0.478 e. The van der Waals surface area contributed by atoms with Crippen molar-refractivity contribution in [3.8, 4) is 0 Å². The van der Waals surface area contributed by atoms with E-state index in [1.807, 2.05) is 0 Å². The Kier molecular flexibility index (Phi) is 5.04. The average molecular weight is 288 g/mol. The lowest BCUT2D eigenvalue weighted by atomic mass is 10.2. The van der Waals surface area contributed by atoms with Crippen molar-refractivity contribution in [2.75, 3.05) is 14.1 Å². The van der Waals surface area contributed by atoms with Crippen molar-refractivity contribution in [3.63, 3.8) is 0 Å². The molecule has 0 aliphatic rings. The van der Waals surface area contributed by atoms with E-state index in [2.05, 4.69) is 0 Å². The van der Waals surface area contributed by atoms with Crippen LogP contribution in [0.1, 0.15) is 17.3 Å². The lowest BCUT2D eigenvalue weighted by Crippen LogP contribution is -2.29. The molecule has 98 valence electrons. The lowest BCUT2D eigenvalue weighted by Gasteiger charge is -2.16. The number of hydrogen-bond acceptors (Lipinski definition) is 3. The van der Waals surface area contributed by atoms with Gasteiger partial charge in [0, 0.05) is 19.0 Å². The molecule has 4 nitrogen and oxygen atoms in total. The summed E-state index contributed by atoms with van der Waals surface area (Å²) in [7, 11) is 3.37. The van der Waals surface area contributed by atoms with E-state index in [-0.39, 0.29) is 21.7 Å². The Bertz CT molecular complexity index is 476. The van der Waals surface area contributed by atoms with Gasteiger partial charge in [-0.2, -0.15) is 0 Å². The molecule has 0 bridgehead atoms. The van der Waals surface area contributed by atoms with Crippen LogP contribution in [0.5, 0.6) is 0 Å². The first-order valence-corrected chi connectivity index (χ1v) is 6.49. The number of halogens is 1. The van der Waals surface area contributed by atoms with Crippen LogP contribution >= 0.6 is 23.4 Å². The summed E-state index contributed by atoms with van der Waals surface area (Å²) in [6.45, 7) is 1.78. The van der Waals surface area contributed by atoms with E-state index in [1.165, 1.54) is 28.8 Å². The molecule has 0 heterocycles. The number of nitrogens with zero attached hydrogens (tertiary/aromatic N) is 1. The molecule has 1 aromatic rings. The molecule has 0 fully saturated rings. The van der Waals surface area contributed by atoms with Crippen LogP contribution in [0.3, 0.4) is 0 Å². The molecule has 0 radical (unpaired) electrons. The lowest BCUT2D eigenvalue weighted by molar-refractivity contribution is -0.127. The number of benzene rings is 1. The normalized spacial score (nSPS) is 12.0. The first-order chi connectivity index (χ1) is 8.32. The molecule has 1 aromatic carbocycles. The highest BCUT2D eigenvalue weighted by molar-refractivity contribution is 8.00. The number of hydrogen-bond donors (Lipinski definition) is 1. The van der Waals surface area contributed by atoms with Crippen LogP contribution in [-0.2, 0) is 4.79 Å². The zero-order chi connectivity index (χ0) is 13.9. The Labute approximate surface area is 115 Å². The fraction of sp³-hybridized carbons (Fsp3) is 0.333. The molecule has 0 saturated carbocycles. The smallest absolute Gasteiger partial charge is 0.337 e. The van der Waals surface area contributed by atoms with Gasteiger partial charge in [0.25, 0.3) is 0 Å². The Hall–Kier alpha value is -1.20. The molecular formula is C12H14ClNO3S. The summed E-state index contributed by atoms with van der Waals surface area (Å²) in [6, 6.07) is 4.72. The molecule has 1 N–H and O–H groups in total. The van der Waals surface area contributed by atoms with Gasteiger partial charge >= 0.3 is 5.97 Å². The van der Waals surface area contributed by atoms with E-state index in [9.17, 15) is 9.59 Å². The van der Waals surface area contributed by atoms with Gasteiger partial charge in [-0.15, -0.1) is 11.8 Å². The second-order valence-electron chi connectivity index (χ2n) is 3.94. The second-order valence-corrected chi connectivity index (χ2v) is 5.76. The maximum absolute atomic E-state index is 11.7. The van der Waals surface area contributed by atoms with Crippen molar-refractivity contribution in [1.29, 1.82) is 0 Å². The van der Waals surface area contributed by atoms with Crippen LogP contribution in [0.4, 0.5) is 0 Å². The number of amides is 1. The first-order valence-electron chi connectivity index (χ1n) is 5.23. The minimum absolute atomic E-state index is 0.0215. The number of thioether (sulfide) groups is 1. The molecule has 6 heteroatoms. The third kappa shape index (κ3) is 3.65. The van der Waals surface area contributed by atoms with E-state index in [0.717, 1.165) is 0 Å². The number of carboxylic acids is 1. The Morgan fingerprint density at radius 2 is 2.00 bits per heavy atom. The third-order valence-corrected chi connectivity index (χ3v) is 3.68. The van der Waals surface area contributed by atoms with Gasteiger partial charge in [0.2, 0.25) is 5.91 Å². The number of carbonyl (C=O) groups excluding carboxylic acids is 1. The van der Waals surface area contributed by atoms with E-state index in [4.69, 9.17) is 16.7 Å². The second kappa shape index (κ2) is 6.11. The van der Waals surface area contributed by atoms with Gasteiger partial charge in [-0.25, -0.2) is 4.79 Å². The van der Waals surface area contributed by atoms with E-state index in [0.29, 0.717) is 4.90 Å². The average Bonchev–Trinajstić information content (AvgIpc) is 2.29. The summed E-state index contributed by atoms with van der Waals surface area (Å²) >= 11 is 7.08. The first kappa shape index (κ1) is 14.9. The highest BCUT2D eigenvalue weighted by Gasteiger charge is 2.17. The Balaban J connectivity index is 2.89. The zero-order valence-corrected chi connectivity index (χ0v) is 11.9. The highest BCUT2D eigenvalue weighted by atomic mass is 35.5. The van der Waals surface area contributed by atoms with E-state index >= 15 is 0 Å². The Morgan fingerprint density at radius 1 is 1.39 bits per heavy atom. The van der Waals surface area contributed by atoms with Crippen molar-refractivity contribution in [2.24, 2.45) is 0 Å². The molecule has 0 aromatic heterocycles. The maximum atomic E-state index is 11.7. The van der Waals surface area contributed by atoms with Gasteiger partial charge in [0.1, 0.15) is 0 Å². The van der Waals surface area contributed by atoms with Gasteiger partial charge in [-0.3, -0.25) is 4.79 Å². The minimum Gasteiger partial charge on any atom is -0.478 e. The number of aromatic carboxylic acids is 1. The van der Waals surface area contributed by atoms with E-state index < -0.39 is 5.97 Å². The molecular weight excluding hydrogens is 274 g/mol. The van der Waals surface area contributed by atoms with Crippen LogP contribution < -0.4 is 0 Å². The quantitative estimate of drug-likeness (QED) is 0.865. The van der Waals surface area contributed by atoms with Crippen LogP contribution in [-0.4, -0.2) is 41.2 Å². The van der Waals surface area contributed by atoms with Gasteiger partial charge < -0.3 is 10.0 Å². The predicted octanol–water partition coefficient (Wildman–Crippen LogP) is 2.61. The summed E-state index contributed by atoms with van der Waals surface area (Å²) in [6.07, 6.45) is 0. The van der Waals surface area contributed by atoms with Crippen molar-refractivity contribution in [1.82, 2.24) is 4.90 Å².